The highest BCUT2D eigenvalue weighted by Crippen LogP contribution is 2.26. The van der Waals surface area contributed by atoms with Crippen molar-refractivity contribution in [2.75, 3.05) is 18.0 Å². The second-order valence-electron chi connectivity index (χ2n) is 5.56. The standard InChI is InChI=1S/C13H21BrN4O/c1-8(2)18-13(19)12(14)11(6-16-18)17-5-4-10(15)9(3)7-17/h6,8-10H,4-5,7,15H2,1-3H3. The molecule has 0 spiro atoms. The number of nitrogens with two attached hydrogens (primary N) is 1. The molecule has 1 aliphatic rings. The number of rotatable bonds is 2. The summed E-state index contributed by atoms with van der Waals surface area (Å²) in [7, 11) is 0. The molecule has 1 aromatic rings. The smallest absolute Gasteiger partial charge is 0.283 e. The molecule has 1 saturated heterocycles. The monoisotopic (exact) mass is 328 g/mol. The van der Waals surface area contributed by atoms with Gasteiger partial charge in [0.1, 0.15) is 4.47 Å². The van der Waals surface area contributed by atoms with E-state index in [4.69, 9.17) is 5.73 Å². The Morgan fingerprint density at radius 3 is 2.79 bits per heavy atom. The fourth-order valence-corrected chi connectivity index (χ4v) is 2.94. The zero-order chi connectivity index (χ0) is 14.2. The first kappa shape index (κ1) is 14.5. The van der Waals surface area contributed by atoms with Crippen LogP contribution in [0.2, 0.25) is 0 Å². The van der Waals surface area contributed by atoms with E-state index in [2.05, 4.69) is 32.9 Å². The lowest BCUT2D eigenvalue weighted by Gasteiger charge is -2.36. The zero-order valence-corrected chi connectivity index (χ0v) is 13.2. The molecule has 6 heteroatoms. The number of hydrogen-bond acceptors (Lipinski definition) is 4. The zero-order valence-electron chi connectivity index (χ0n) is 11.6. The Morgan fingerprint density at radius 2 is 2.21 bits per heavy atom. The van der Waals surface area contributed by atoms with E-state index in [9.17, 15) is 4.79 Å². The van der Waals surface area contributed by atoms with Gasteiger partial charge >= 0.3 is 0 Å². The minimum Gasteiger partial charge on any atom is -0.369 e. The molecule has 1 aromatic heterocycles. The summed E-state index contributed by atoms with van der Waals surface area (Å²) < 4.78 is 2.09. The maximum absolute atomic E-state index is 12.2. The van der Waals surface area contributed by atoms with E-state index in [0.717, 1.165) is 25.2 Å². The van der Waals surface area contributed by atoms with Gasteiger partial charge in [-0.1, -0.05) is 6.92 Å². The second-order valence-corrected chi connectivity index (χ2v) is 6.36. The Labute approximate surface area is 121 Å². The normalized spacial score (nSPS) is 24.0. The average Bonchev–Trinajstić information content (AvgIpc) is 2.36. The van der Waals surface area contributed by atoms with Crippen molar-refractivity contribution in [1.82, 2.24) is 9.78 Å². The maximum Gasteiger partial charge on any atom is 0.283 e. The summed E-state index contributed by atoms with van der Waals surface area (Å²) >= 11 is 3.42. The molecule has 2 heterocycles. The van der Waals surface area contributed by atoms with Gasteiger partial charge in [0.15, 0.2) is 0 Å². The number of aromatic nitrogens is 2. The van der Waals surface area contributed by atoms with Gasteiger partial charge in [0.2, 0.25) is 0 Å². The molecule has 0 aromatic carbocycles. The highest BCUT2D eigenvalue weighted by Gasteiger charge is 2.25. The molecular weight excluding hydrogens is 308 g/mol. The Hall–Kier alpha value is -0.880. The summed E-state index contributed by atoms with van der Waals surface area (Å²) in [5.41, 5.74) is 6.83. The average molecular weight is 329 g/mol. The Balaban J connectivity index is 2.32. The second kappa shape index (κ2) is 5.63. The van der Waals surface area contributed by atoms with E-state index in [1.807, 2.05) is 13.8 Å². The summed E-state index contributed by atoms with van der Waals surface area (Å²) in [6, 6.07) is 0.311. The van der Waals surface area contributed by atoms with Crippen LogP contribution in [0.5, 0.6) is 0 Å². The van der Waals surface area contributed by atoms with E-state index in [0.29, 0.717) is 10.4 Å². The van der Waals surface area contributed by atoms with Crippen LogP contribution in [-0.4, -0.2) is 28.9 Å². The predicted molar refractivity (Wildman–Crippen MR) is 80.6 cm³/mol. The van der Waals surface area contributed by atoms with E-state index < -0.39 is 0 Å². The van der Waals surface area contributed by atoms with Gasteiger partial charge in [0.05, 0.1) is 17.9 Å². The molecule has 2 unspecified atom stereocenters. The van der Waals surface area contributed by atoms with E-state index in [-0.39, 0.29) is 17.6 Å². The van der Waals surface area contributed by atoms with Crippen molar-refractivity contribution in [3.63, 3.8) is 0 Å². The van der Waals surface area contributed by atoms with E-state index >= 15 is 0 Å². The van der Waals surface area contributed by atoms with Crippen LogP contribution in [0.1, 0.15) is 33.2 Å². The third-order valence-electron chi connectivity index (χ3n) is 3.73. The summed E-state index contributed by atoms with van der Waals surface area (Å²) in [4.78, 5) is 14.4. The maximum atomic E-state index is 12.2. The van der Waals surface area contributed by atoms with Crippen LogP contribution < -0.4 is 16.2 Å². The summed E-state index contributed by atoms with van der Waals surface area (Å²) in [5, 5.41) is 4.26. The molecule has 2 N–H and O–H groups in total. The first-order chi connectivity index (χ1) is 8.91. The van der Waals surface area contributed by atoms with Crippen LogP contribution in [0, 0.1) is 5.92 Å². The molecule has 1 fully saturated rings. The quantitative estimate of drug-likeness (QED) is 0.898. The van der Waals surface area contributed by atoms with Gasteiger partial charge in [0, 0.05) is 19.1 Å². The minimum atomic E-state index is -0.0741. The molecule has 0 radical (unpaired) electrons. The van der Waals surface area contributed by atoms with Crippen LogP contribution >= 0.6 is 15.9 Å². The van der Waals surface area contributed by atoms with Crippen molar-refractivity contribution in [1.29, 1.82) is 0 Å². The van der Waals surface area contributed by atoms with Gasteiger partial charge < -0.3 is 10.6 Å². The van der Waals surface area contributed by atoms with Crippen LogP contribution in [0.25, 0.3) is 0 Å². The fraction of sp³-hybridized carbons (Fsp3) is 0.692. The van der Waals surface area contributed by atoms with Crippen molar-refractivity contribution >= 4 is 21.6 Å². The molecule has 2 atom stereocenters. The van der Waals surface area contributed by atoms with Crippen molar-refractivity contribution in [3.05, 3.63) is 21.0 Å². The molecule has 2 rings (SSSR count). The predicted octanol–water partition coefficient (Wildman–Crippen LogP) is 1.76. The molecule has 0 bridgehead atoms. The van der Waals surface area contributed by atoms with Crippen LogP contribution in [0.15, 0.2) is 15.5 Å². The van der Waals surface area contributed by atoms with E-state index in [1.165, 1.54) is 4.68 Å². The topological polar surface area (TPSA) is 64.2 Å². The van der Waals surface area contributed by atoms with Crippen molar-refractivity contribution < 1.29 is 0 Å². The first-order valence-corrected chi connectivity index (χ1v) is 7.49. The van der Waals surface area contributed by atoms with Gasteiger partial charge in [-0.3, -0.25) is 4.79 Å². The Kier molecular flexibility index (Phi) is 4.30. The lowest BCUT2D eigenvalue weighted by atomic mass is 9.94. The lowest BCUT2D eigenvalue weighted by Crippen LogP contribution is -2.46. The number of halogens is 1. The Morgan fingerprint density at radius 1 is 1.53 bits per heavy atom. The van der Waals surface area contributed by atoms with Crippen LogP contribution in [0.4, 0.5) is 5.69 Å². The van der Waals surface area contributed by atoms with Gasteiger partial charge in [-0.15, -0.1) is 0 Å². The minimum absolute atomic E-state index is 0.0616. The lowest BCUT2D eigenvalue weighted by molar-refractivity contribution is 0.381. The summed E-state index contributed by atoms with van der Waals surface area (Å²) in [6.07, 6.45) is 2.72. The van der Waals surface area contributed by atoms with Crippen molar-refractivity contribution in [3.8, 4) is 0 Å². The van der Waals surface area contributed by atoms with Gasteiger partial charge in [0.25, 0.3) is 5.56 Å². The van der Waals surface area contributed by atoms with Gasteiger partial charge in [-0.05, 0) is 42.1 Å². The molecule has 1 aliphatic heterocycles. The van der Waals surface area contributed by atoms with E-state index in [1.54, 1.807) is 6.20 Å². The highest BCUT2D eigenvalue weighted by atomic mass is 79.9. The third-order valence-corrected chi connectivity index (χ3v) is 4.47. The SMILES string of the molecule is CC1CN(c2cnn(C(C)C)c(=O)c2Br)CCC1N. The molecule has 106 valence electrons. The Bertz CT molecular complexity index is 514. The third kappa shape index (κ3) is 2.84. The van der Waals surface area contributed by atoms with Crippen LogP contribution in [-0.2, 0) is 0 Å². The van der Waals surface area contributed by atoms with Gasteiger partial charge in [-0.2, -0.15) is 5.10 Å². The number of anilines is 1. The summed E-state index contributed by atoms with van der Waals surface area (Å²) in [5.74, 6) is 0.424. The number of hydrogen-bond donors (Lipinski definition) is 1. The molecule has 0 amide bonds. The molecule has 5 nitrogen and oxygen atoms in total. The van der Waals surface area contributed by atoms with Gasteiger partial charge in [-0.25, -0.2) is 4.68 Å². The molecular formula is C13H21BrN4O. The molecule has 0 saturated carbocycles. The highest BCUT2D eigenvalue weighted by molar-refractivity contribution is 9.10. The molecule has 0 aliphatic carbocycles. The largest absolute Gasteiger partial charge is 0.369 e. The van der Waals surface area contributed by atoms with Crippen LogP contribution in [0.3, 0.4) is 0 Å². The number of piperidine rings is 1. The molecule has 19 heavy (non-hydrogen) atoms. The number of nitrogens with zero attached hydrogens (tertiary/aromatic N) is 3. The summed E-state index contributed by atoms with van der Waals surface area (Å²) in [6.45, 7) is 7.78. The first-order valence-electron chi connectivity index (χ1n) is 6.69. The van der Waals surface area contributed by atoms with Crippen molar-refractivity contribution in [2.24, 2.45) is 11.7 Å². The van der Waals surface area contributed by atoms with Crippen molar-refractivity contribution in [2.45, 2.75) is 39.3 Å². The fourth-order valence-electron chi connectivity index (χ4n) is 2.41.